The first-order valence-corrected chi connectivity index (χ1v) is 16.4. The standard InChI is InChI=1S/C31H29N.C6H10.C5H12/c1-6-22(17-18(2)3)32-19(4)23-13-15-27-25-11-7-9-21-10-8-12-26(29(21)25)28-16-14-24(20(32)5)30(23)31(27)28;1-3-5-6-4-2;1-4-5(2)3/h7-16,18,22H,4-6,17H2,1-3H3;1H,4-6H2,2H3;5H,4H2,1-3H3. The fourth-order valence-corrected chi connectivity index (χ4v) is 6.36. The van der Waals surface area contributed by atoms with E-state index in [1.54, 1.807) is 0 Å². The van der Waals surface area contributed by atoms with Crippen molar-refractivity contribution in [1.29, 1.82) is 0 Å². The van der Waals surface area contributed by atoms with Crippen LogP contribution in [-0.4, -0.2) is 10.9 Å². The molecule has 0 fully saturated rings. The lowest BCUT2D eigenvalue weighted by Crippen LogP contribution is -2.34. The number of terminal acetylenes is 1. The number of fused-ring (bicyclic) bond motifs is 2. The Balaban J connectivity index is 0.000000332. The molecule has 1 aliphatic rings. The fraction of sp³-hybridized carbons (Fsp3) is 0.381. The Hall–Kier alpha value is -3.76. The van der Waals surface area contributed by atoms with Crippen LogP contribution < -0.4 is 0 Å². The Kier molecular flexibility index (Phi) is 10.6. The largest absolute Gasteiger partial charge is 0.338 e. The first-order valence-electron chi connectivity index (χ1n) is 16.4. The van der Waals surface area contributed by atoms with E-state index in [9.17, 15) is 0 Å². The monoisotopic (exact) mass is 569 g/mol. The van der Waals surface area contributed by atoms with E-state index in [4.69, 9.17) is 6.42 Å². The molecule has 1 nitrogen and oxygen atoms in total. The van der Waals surface area contributed by atoms with Crippen molar-refractivity contribution in [2.45, 2.75) is 93.0 Å². The summed E-state index contributed by atoms with van der Waals surface area (Å²) in [6.45, 7) is 24.9. The smallest absolute Gasteiger partial charge is 0.0420 e. The Morgan fingerprint density at radius 2 is 1.19 bits per heavy atom. The number of rotatable bonds is 7. The lowest BCUT2D eigenvalue weighted by Gasteiger charge is -2.41. The third kappa shape index (κ3) is 6.31. The summed E-state index contributed by atoms with van der Waals surface area (Å²) in [6, 6.07) is 23.0. The van der Waals surface area contributed by atoms with Gasteiger partial charge in [0, 0.05) is 40.4 Å². The highest BCUT2D eigenvalue weighted by molar-refractivity contribution is 6.34. The summed E-state index contributed by atoms with van der Waals surface area (Å²) in [6.07, 6.45) is 11.8. The topological polar surface area (TPSA) is 3.24 Å². The van der Waals surface area contributed by atoms with Gasteiger partial charge in [-0.25, -0.2) is 0 Å². The zero-order chi connectivity index (χ0) is 31.3. The molecule has 1 heterocycles. The van der Waals surface area contributed by atoms with Gasteiger partial charge in [0.15, 0.2) is 0 Å². The molecule has 5 aromatic carbocycles. The van der Waals surface area contributed by atoms with E-state index >= 15 is 0 Å². The van der Waals surface area contributed by atoms with Crippen LogP contribution in [0.2, 0.25) is 0 Å². The van der Waals surface area contributed by atoms with E-state index in [-0.39, 0.29) is 0 Å². The van der Waals surface area contributed by atoms with Crippen molar-refractivity contribution in [3.8, 4) is 12.3 Å². The zero-order valence-electron chi connectivity index (χ0n) is 27.7. The molecule has 0 saturated heterocycles. The minimum atomic E-state index is 0.417. The number of nitrogens with zero attached hydrogens (tertiary/aromatic N) is 1. The summed E-state index contributed by atoms with van der Waals surface area (Å²) in [5.41, 5.74) is 4.69. The van der Waals surface area contributed by atoms with Crippen molar-refractivity contribution in [3.05, 3.63) is 84.9 Å². The third-order valence-corrected chi connectivity index (χ3v) is 8.92. The van der Waals surface area contributed by atoms with Crippen LogP contribution in [0.25, 0.3) is 54.5 Å². The van der Waals surface area contributed by atoms with E-state index in [0.717, 1.165) is 36.6 Å². The lowest BCUT2D eigenvalue weighted by molar-refractivity contribution is 0.327. The normalized spacial score (nSPS) is 13.4. The summed E-state index contributed by atoms with van der Waals surface area (Å²) < 4.78 is 0. The van der Waals surface area contributed by atoms with Crippen LogP contribution in [0.3, 0.4) is 0 Å². The van der Waals surface area contributed by atoms with E-state index in [0.29, 0.717) is 12.0 Å². The molecule has 0 radical (unpaired) electrons. The second-order valence-electron chi connectivity index (χ2n) is 12.8. The highest BCUT2D eigenvalue weighted by Crippen LogP contribution is 2.48. The van der Waals surface area contributed by atoms with Crippen LogP contribution >= 0.6 is 0 Å². The molecule has 0 bridgehead atoms. The van der Waals surface area contributed by atoms with Gasteiger partial charge >= 0.3 is 0 Å². The molecule has 5 aromatic rings. The average molecular weight is 570 g/mol. The Labute approximate surface area is 261 Å². The Morgan fingerprint density at radius 3 is 1.58 bits per heavy atom. The quantitative estimate of drug-likeness (QED) is 0.0815. The van der Waals surface area contributed by atoms with E-state index in [2.05, 4.69) is 133 Å². The maximum Gasteiger partial charge on any atom is 0.0420 e. The molecule has 0 amide bonds. The molecule has 0 spiro atoms. The maximum atomic E-state index is 4.96. The van der Waals surface area contributed by atoms with Crippen LogP contribution in [0.5, 0.6) is 0 Å². The molecule has 1 heteroatoms. The second kappa shape index (κ2) is 14.1. The van der Waals surface area contributed by atoms with Crippen LogP contribution in [0.4, 0.5) is 0 Å². The summed E-state index contributed by atoms with van der Waals surface area (Å²) in [4.78, 5) is 2.41. The predicted molar refractivity (Wildman–Crippen MR) is 195 cm³/mol. The van der Waals surface area contributed by atoms with Gasteiger partial charge < -0.3 is 4.90 Å². The molecular formula is C42H51N. The van der Waals surface area contributed by atoms with E-state index in [1.165, 1.54) is 73.5 Å². The second-order valence-corrected chi connectivity index (χ2v) is 12.8. The molecule has 0 saturated carbocycles. The maximum absolute atomic E-state index is 4.96. The van der Waals surface area contributed by atoms with Crippen LogP contribution in [-0.2, 0) is 0 Å². The Bertz CT molecular complexity index is 1660. The minimum Gasteiger partial charge on any atom is -0.338 e. The van der Waals surface area contributed by atoms with Crippen molar-refractivity contribution < 1.29 is 0 Å². The molecule has 1 aliphatic heterocycles. The third-order valence-electron chi connectivity index (χ3n) is 8.92. The van der Waals surface area contributed by atoms with Crippen LogP contribution in [0.15, 0.2) is 73.8 Å². The molecular weight excluding hydrogens is 518 g/mol. The number of benzene rings is 5. The molecule has 1 atom stereocenters. The van der Waals surface area contributed by atoms with Gasteiger partial charge in [0.2, 0.25) is 0 Å². The molecule has 224 valence electrons. The molecule has 0 aliphatic carbocycles. The van der Waals surface area contributed by atoms with Crippen molar-refractivity contribution in [2.75, 3.05) is 0 Å². The van der Waals surface area contributed by atoms with Gasteiger partial charge in [0.1, 0.15) is 0 Å². The van der Waals surface area contributed by atoms with Crippen molar-refractivity contribution >= 4 is 54.5 Å². The SMILES string of the molecule is C#CCCCC.C=C1c2ccc3c4cccc5cccc(c6ccc(c2c36)C(=C)N1C(CC)CC(C)C)c54.CCC(C)C. The number of unbranched alkanes of at least 4 members (excludes halogenated alkanes) is 2. The van der Waals surface area contributed by atoms with Gasteiger partial charge in [0.25, 0.3) is 0 Å². The van der Waals surface area contributed by atoms with E-state index in [1.807, 2.05) is 0 Å². The molecule has 0 aromatic heterocycles. The lowest BCUT2D eigenvalue weighted by atomic mass is 9.83. The van der Waals surface area contributed by atoms with Crippen LogP contribution in [0, 0.1) is 24.2 Å². The van der Waals surface area contributed by atoms with Gasteiger partial charge in [-0.1, -0.05) is 135 Å². The molecule has 0 N–H and O–H groups in total. The molecule has 43 heavy (non-hydrogen) atoms. The van der Waals surface area contributed by atoms with Crippen molar-refractivity contribution in [1.82, 2.24) is 4.90 Å². The van der Waals surface area contributed by atoms with Gasteiger partial charge in [-0.2, -0.15) is 0 Å². The predicted octanol–water partition coefficient (Wildman–Crippen LogP) is 12.7. The highest BCUT2D eigenvalue weighted by Gasteiger charge is 2.31. The molecule has 6 rings (SSSR count). The summed E-state index contributed by atoms with van der Waals surface area (Å²) in [5, 5.41) is 10.7. The van der Waals surface area contributed by atoms with Crippen molar-refractivity contribution in [2.24, 2.45) is 11.8 Å². The van der Waals surface area contributed by atoms with E-state index < -0.39 is 0 Å². The fourth-order valence-electron chi connectivity index (χ4n) is 6.36. The first kappa shape index (κ1) is 32.2. The number of hydrogen-bond donors (Lipinski definition) is 0. The van der Waals surface area contributed by atoms with Gasteiger partial charge in [-0.3, -0.25) is 0 Å². The highest BCUT2D eigenvalue weighted by atomic mass is 15.2. The Morgan fingerprint density at radius 1 is 0.674 bits per heavy atom. The van der Waals surface area contributed by atoms with Gasteiger partial charge in [-0.05, 0) is 68.8 Å². The first-order chi connectivity index (χ1) is 20.7. The molecule has 1 unspecified atom stereocenters. The van der Waals surface area contributed by atoms with Crippen LogP contribution in [0.1, 0.15) is 98.1 Å². The summed E-state index contributed by atoms with van der Waals surface area (Å²) >= 11 is 0. The average Bonchev–Trinajstić information content (AvgIpc) is 3.01. The van der Waals surface area contributed by atoms with Gasteiger partial charge in [-0.15, -0.1) is 12.3 Å². The summed E-state index contributed by atoms with van der Waals surface area (Å²) in [5.74, 6) is 4.09. The van der Waals surface area contributed by atoms with Gasteiger partial charge in [0.05, 0.1) is 0 Å². The zero-order valence-corrected chi connectivity index (χ0v) is 27.7. The number of hydrogen-bond acceptors (Lipinski definition) is 1. The summed E-state index contributed by atoms with van der Waals surface area (Å²) in [7, 11) is 0. The minimum absolute atomic E-state index is 0.417. The van der Waals surface area contributed by atoms with Crippen molar-refractivity contribution in [3.63, 3.8) is 0 Å².